The largest absolute Gasteiger partial charge is 0.481 e. The van der Waals surface area contributed by atoms with E-state index < -0.39 is 6.10 Å². The van der Waals surface area contributed by atoms with Crippen LogP contribution in [0.4, 0.5) is 0 Å². The number of rotatable bonds is 6. The molecular formula is C24H27NO4. The molecule has 1 unspecified atom stereocenters. The summed E-state index contributed by atoms with van der Waals surface area (Å²) < 4.78 is 5.76. The number of carbonyl (C=O) groups excluding carboxylic acids is 3. The van der Waals surface area contributed by atoms with E-state index in [-0.39, 0.29) is 23.4 Å². The van der Waals surface area contributed by atoms with Gasteiger partial charge in [-0.15, -0.1) is 0 Å². The lowest BCUT2D eigenvalue weighted by Crippen LogP contribution is -2.45. The molecule has 0 saturated carbocycles. The number of amides is 1. The zero-order chi connectivity index (χ0) is 21.0. The normalized spacial score (nSPS) is 15.6. The van der Waals surface area contributed by atoms with Gasteiger partial charge < -0.3 is 9.64 Å². The van der Waals surface area contributed by atoms with E-state index in [0.717, 1.165) is 11.1 Å². The summed E-state index contributed by atoms with van der Waals surface area (Å²) in [6, 6.07) is 14.5. The van der Waals surface area contributed by atoms with Crippen LogP contribution in [0.3, 0.4) is 0 Å². The smallest absolute Gasteiger partial charge is 0.263 e. The van der Waals surface area contributed by atoms with Gasteiger partial charge in [0, 0.05) is 30.1 Å². The monoisotopic (exact) mass is 393 g/mol. The minimum atomic E-state index is -0.651. The molecule has 1 aliphatic heterocycles. The zero-order valence-corrected chi connectivity index (χ0v) is 17.2. The van der Waals surface area contributed by atoms with Crippen LogP contribution in [-0.2, 0) is 4.79 Å². The molecule has 1 aliphatic rings. The number of hydrogen-bond donors (Lipinski definition) is 0. The van der Waals surface area contributed by atoms with Crippen LogP contribution in [0.5, 0.6) is 5.75 Å². The highest BCUT2D eigenvalue weighted by Crippen LogP contribution is 2.23. The molecule has 0 spiro atoms. The van der Waals surface area contributed by atoms with Crippen LogP contribution in [0.15, 0.2) is 48.5 Å². The standard InChI is InChI=1S/C24H27NO4/c1-16-7-9-19(10-8-16)23(27)20-11-13-25(14-12-20)24(28)18(3)29-22-6-4-5-21(15-22)17(2)26/h4-10,15,18,20H,11-14H2,1-3H3. The van der Waals surface area contributed by atoms with Gasteiger partial charge in [0.25, 0.3) is 5.91 Å². The zero-order valence-electron chi connectivity index (χ0n) is 17.2. The minimum absolute atomic E-state index is 0.0465. The summed E-state index contributed by atoms with van der Waals surface area (Å²) in [7, 11) is 0. The fourth-order valence-corrected chi connectivity index (χ4v) is 3.62. The number of benzene rings is 2. The Kier molecular flexibility index (Phi) is 6.47. The fourth-order valence-electron chi connectivity index (χ4n) is 3.62. The highest BCUT2D eigenvalue weighted by Gasteiger charge is 2.30. The number of ketones is 2. The van der Waals surface area contributed by atoms with E-state index in [4.69, 9.17) is 4.74 Å². The van der Waals surface area contributed by atoms with Crippen LogP contribution in [0.2, 0.25) is 0 Å². The van der Waals surface area contributed by atoms with Crippen molar-refractivity contribution in [3.8, 4) is 5.75 Å². The van der Waals surface area contributed by atoms with Gasteiger partial charge in [0.1, 0.15) is 5.75 Å². The number of piperidine rings is 1. The van der Waals surface area contributed by atoms with Crippen molar-refractivity contribution < 1.29 is 19.1 Å². The molecule has 1 fully saturated rings. The van der Waals surface area contributed by atoms with Gasteiger partial charge in [0.2, 0.25) is 0 Å². The molecule has 5 nitrogen and oxygen atoms in total. The van der Waals surface area contributed by atoms with Crippen LogP contribution >= 0.6 is 0 Å². The van der Waals surface area contributed by atoms with Crippen molar-refractivity contribution in [2.75, 3.05) is 13.1 Å². The third-order valence-corrected chi connectivity index (χ3v) is 5.41. The summed E-state index contributed by atoms with van der Waals surface area (Å²) in [5.41, 5.74) is 2.42. The van der Waals surface area contributed by atoms with Crippen LogP contribution in [0.25, 0.3) is 0 Å². The summed E-state index contributed by atoms with van der Waals surface area (Å²) in [4.78, 5) is 38.7. The molecule has 29 heavy (non-hydrogen) atoms. The molecule has 2 aromatic rings. The molecule has 0 bridgehead atoms. The summed E-state index contributed by atoms with van der Waals surface area (Å²) in [5.74, 6) is 0.463. The maximum Gasteiger partial charge on any atom is 0.263 e. The van der Waals surface area contributed by atoms with Crippen molar-refractivity contribution >= 4 is 17.5 Å². The van der Waals surface area contributed by atoms with Gasteiger partial charge in [0.15, 0.2) is 17.7 Å². The molecule has 152 valence electrons. The Balaban J connectivity index is 1.55. The van der Waals surface area contributed by atoms with Gasteiger partial charge >= 0.3 is 0 Å². The third kappa shape index (κ3) is 5.11. The molecule has 1 heterocycles. The molecule has 2 aromatic carbocycles. The van der Waals surface area contributed by atoms with Gasteiger partial charge in [-0.25, -0.2) is 0 Å². The van der Waals surface area contributed by atoms with E-state index >= 15 is 0 Å². The average molecular weight is 393 g/mol. The predicted molar refractivity (Wildman–Crippen MR) is 111 cm³/mol. The van der Waals surface area contributed by atoms with E-state index in [1.165, 1.54) is 6.92 Å². The molecule has 0 N–H and O–H groups in total. The Labute approximate surface area is 171 Å². The Bertz CT molecular complexity index is 895. The van der Waals surface area contributed by atoms with E-state index in [1.807, 2.05) is 31.2 Å². The number of Topliss-reactive ketones (excluding diaryl/α,β-unsaturated/α-hetero) is 2. The Morgan fingerprint density at radius 1 is 1.00 bits per heavy atom. The van der Waals surface area contributed by atoms with Gasteiger partial charge in [-0.1, -0.05) is 42.0 Å². The van der Waals surface area contributed by atoms with E-state index in [0.29, 0.717) is 37.2 Å². The van der Waals surface area contributed by atoms with Crippen LogP contribution in [-0.4, -0.2) is 41.6 Å². The number of likely N-dealkylation sites (tertiary alicyclic amines) is 1. The number of ether oxygens (including phenoxy) is 1. The molecule has 0 radical (unpaired) electrons. The predicted octanol–water partition coefficient (Wildman–Crippen LogP) is 4.09. The summed E-state index contributed by atoms with van der Waals surface area (Å²) in [6.45, 7) is 6.30. The first-order valence-corrected chi connectivity index (χ1v) is 10.0. The quantitative estimate of drug-likeness (QED) is 0.694. The molecular weight excluding hydrogens is 366 g/mol. The van der Waals surface area contributed by atoms with Crippen LogP contribution < -0.4 is 4.74 Å². The SMILES string of the molecule is CC(=O)c1cccc(OC(C)C(=O)N2CCC(C(=O)c3ccc(C)cc3)CC2)c1. The lowest BCUT2D eigenvalue weighted by molar-refractivity contribution is -0.139. The summed E-state index contributed by atoms with van der Waals surface area (Å²) in [5, 5.41) is 0. The second kappa shape index (κ2) is 9.03. The van der Waals surface area contributed by atoms with E-state index in [1.54, 1.807) is 36.1 Å². The second-order valence-electron chi connectivity index (χ2n) is 7.67. The summed E-state index contributed by atoms with van der Waals surface area (Å²) in [6.07, 6.45) is 0.664. The number of carbonyl (C=O) groups is 3. The maximum atomic E-state index is 12.8. The second-order valence-corrected chi connectivity index (χ2v) is 7.67. The van der Waals surface area contributed by atoms with Crippen molar-refractivity contribution in [3.05, 3.63) is 65.2 Å². The average Bonchev–Trinajstić information content (AvgIpc) is 2.73. The van der Waals surface area contributed by atoms with Gasteiger partial charge in [-0.2, -0.15) is 0 Å². The molecule has 5 heteroatoms. The lowest BCUT2D eigenvalue weighted by atomic mass is 9.88. The maximum absolute atomic E-state index is 12.8. The van der Waals surface area contributed by atoms with Gasteiger partial charge in [-0.05, 0) is 45.7 Å². The van der Waals surface area contributed by atoms with Crippen molar-refractivity contribution in [1.82, 2.24) is 4.90 Å². The topological polar surface area (TPSA) is 63.7 Å². The first-order valence-electron chi connectivity index (χ1n) is 10.0. The van der Waals surface area contributed by atoms with Gasteiger partial charge in [0.05, 0.1) is 0 Å². The Morgan fingerprint density at radius 3 is 2.28 bits per heavy atom. The van der Waals surface area contributed by atoms with Crippen molar-refractivity contribution in [2.45, 2.75) is 39.7 Å². The molecule has 3 rings (SSSR count). The highest BCUT2D eigenvalue weighted by atomic mass is 16.5. The highest BCUT2D eigenvalue weighted by molar-refractivity contribution is 5.98. The van der Waals surface area contributed by atoms with E-state index in [9.17, 15) is 14.4 Å². The number of nitrogens with zero attached hydrogens (tertiary/aromatic N) is 1. The van der Waals surface area contributed by atoms with Crippen molar-refractivity contribution in [3.63, 3.8) is 0 Å². The van der Waals surface area contributed by atoms with E-state index in [2.05, 4.69) is 0 Å². The van der Waals surface area contributed by atoms with Crippen LogP contribution in [0, 0.1) is 12.8 Å². The number of hydrogen-bond acceptors (Lipinski definition) is 4. The molecule has 0 aliphatic carbocycles. The minimum Gasteiger partial charge on any atom is -0.481 e. The molecule has 1 saturated heterocycles. The third-order valence-electron chi connectivity index (χ3n) is 5.41. The first-order chi connectivity index (χ1) is 13.8. The first kappa shape index (κ1) is 20.8. The van der Waals surface area contributed by atoms with Crippen molar-refractivity contribution in [1.29, 1.82) is 0 Å². The lowest BCUT2D eigenvalue weighted by Gasteiger charge is -2.33. The summed E-state index contributed by atoms with van der Waals surface area (Å²) >= 11 is 0. The number of aryl methyl sites for hydroxylation is 1. The molecule has 1 amide bonds. The van der Waals surface area contributed by atoms with Crippen molar-refractivity contribution in [2.24, 2.45) is 5.92 Å². The molecule has 1 atom stereocenters. The van der Waals surface area contributed by atoms with Gasteiger partial charge in [-0.3, -0.25) is 14.4 Å². The Hall–Kier alpha value is -2.95. The fraction of sp³-hybridized carbons (Fsp3) is 0.375. The Morgan fingerprint density at radius 2 is 1.66 bits per heavy atom. The van der Waals surface area contributed by atoms with Crippen LogP contribution in [0.1, 0.15) is 53.0 Å². The molecule has 0 aromatic heterocycles.